The average molecular weight is 227 g/mol. The predicted molar refractivity (Wildman–Crippen MR) is 71.8 cm³/mol. The number of rotatable bonds is 0. The van der Waals surface area contributed by atoms with Crippen molar-refractivity contribution in [3.8, 4) is 0 Å². The number of anilines is 2. The Labute approximate surface area is 101 Å². The third kappa shape index (κ3) is 1.26. The van der Waals surface area contributed by atoms with Crippen molar-refractivity contribution in [3.05, 3.63) is 59.7 Å². The molecule has 0 unspecified atom stereocenters. The second kappa shape index (κ2) is 3.56. The summed E-state index contributed by atoms with van der Waals surface area (Å²) in [5.74, 6) is 0. The maximum atomic E-state index is 4.73. The van der Waals surface area contributed by atoms with E-state index in [1.807, 2.05) is 0 Å². The van der Waals surface area contributed by atoms with E-state index in [1.165, 1.54) is 22.5 Å². The van der Waals surface area contributed by atoms with E-state index in [-0.39, 0.29) is 5.25 Å². The lowest BCUT2D eigenvalue weighted by molar-refractivity contribution is 1.04. The van der Waals surface area contributed by atoms with Crippen LogP contribution in [0, 0.1) is 0 Å². The minimum Gasteiger partial charge on any atom is -0.344 e. The molecule has 0 amide bonds. The van der Waals surface area contributed by atoms with Crippen LogP contribution >= 0.6 is 12.6 Å². The third-order valence-corrected chi connectivity index (χ3v) is 3.74. The van der Waals surface area contributed by atoms with E-state index in [4.69, 9.17) is 12.6 Å². The Morgan fingerprint density at radius 3 is 1.81 bits per heavy atom. The van der Waals surface area contributed by atoms with Crippen molar-refractivity contribution in [2.75, 3.05) is 11.9 Å². The molecule has 0 fully saturated rings. The summed E-state index contributed by atoms with van der Waals surface area (Å²) in [5.41, 5.74) is 5.07. The van der Waals surface area contributed by atoms with Crippen LogP contribution in [0.1, 0.15) is 16.4 Å². The van der Waals surface area contributed by atoms with Crippen LogP contribution in [-0.2, 0) is 0 Å². The van der Waals surface area contributed by atoms with Gasteiger partial charge in [-0.05, 0) is 23.3 Å². The van der Waals surface area contributed by atoms with E-state index in [2.05, 4.69) is 60.5 Å². The monoisotopic (exact) mass is 227 g/mol. The van der Waals surface area contributed by atoms with Crippen LogP contribution in [0.5, 0.6) is 0 Å². The minimum atomic E-state index is 0.184. The molecule has 0 saturated heterocycles. The first-order valence-corrected chi connectivity index (χ1v) is 5.90. The van der Waals surface area contributed by atoms with E-state index in [0.29, 0.717) is 0 Å². The number of nitrogens with zero attached hydrogens (tertiary/aromatic N) is 1. The minimum absolute atomic E-state index is 0.184. The molecule has 0 bridgehead atoms. The van der Waals surface area contributed by atoms with Crippen molar-refractivity contribution in [1.29, 1.82) is 0 Å². The standard InChI is InChI=1S/C14H13NS/c1-15-12-8-4-2-6-10(12)14(16)11-7-3-5-9-13(11)15/h2-9,14,16H,1H3. The molecular weight excluding hydrogens is 214 g/mol. The Hall–Kier alpha value is -1.41. The number of thiol groups is 1. The molecule has 0 aliphatic carbocycles. The summed E-state index contributed by atoms with van der Waals surface area (Å²) in [4.78, 5) is 2.23. The molecule has 3 rings (SSSR count). The van der Waals surface area contributed by atoms with Gasteiger partial charge in [0.25, 0.3) is 0 Å². The van der Waals surface area contributed by atoms with Gasteiger partial charge >= 0.3 is 0 Å². The smallest absolute Gasteiger partial charge is 0.0557 e. The second-order valence-corrected chi connectivity index (χ2v) is 4.60. The fraction of sp³-hybridized carbons (Fsp3) is 0.143. The molecule has 0 aromatic heterocycles. The first-order chi connectivity index (χ1) is 7.79. The molecule has 16 heavy (non-hydrogen) atoms. The summed E-state index contributed by atoms with van der Waals surface area (Å²) in [5, 5.41) is 0.184. The van der Waals surface area contributed by atoms with Crippen molar-refractivity contribution in [1.82, 2.24) is 0 Å². The average Bonchev–Trinajstić information content (AvgIpc) is 2.36. The zero-order chi connectivity index (χ0) is 11.1. The fourth-order valence-corrected chi connectivity index (χ4v) is 2.78. The van der Waals surface area contributed by atoms with Gasteiger partial charge in [-0.25, -0.2) is 0 Å². The van der Waals surface area contributed by atoms with E-state index >= 15 is 0 Å². The SMILES string of the molecule is CN1c2ccccc2C(S)c2ccccc21. The Bertz CT molecular complexity index is 440. The summed E-state index contributed by atoms with van der Waals surface area (Å²) < 4.78 is 0. The number of para-hydroxylation sites is 2. The lowest BCUT2D eigenvalue weighted by Gasteiger charge is -2.33. The first kappa shape index (κ1) is 9.79. The van der Waals surface area contributed by atoms with Crippen LogP contribution in [0.15, 0.2) is 48.5 Å². The lowest BCUT2D eigenvalue weighted by Crippen LogP contribution is -2.19. The van der Waals surface area contributed by atoms with Crippen LogP contribution < -0.4 is 4.90 Å². The molecule has 80 valence electrons. The van der Waals surface area contributed by atoms with Gasteiger partial charge in [0, 0.05) is 18.4 Å². The number of benzene rings is 2. The topological polar surface area (TPSA) is 3.24 Å². The zero-order valence-corrected chi connectivity index (χ0v) is 9.99. The van der Waals surface area contributed by atoms with E-state index in [9.17, 15) is 0 Å². The van der Waals surface area contributed by atoms with E-state index < -0.39 is 0 Å². The fourth-order valence-electron chi connectivity index (χ4n) is 2.35. The van der Waals surface area contributed by atoms with Gasteiger partial charge in [0.2, 0.25) is 0 Å². The molecule has 2 aromatic rings. The van der Waals surface area contributed by atoms with Crippen molar-refractivity contribution in [2.24, 2.45) is 0 Å². The quantitative estimate of drug-likeness (QED) is 0.670. The van der Waals surface area contributed by atoms with Crippen molar-refractivity contribution in [3.63, 3.8) is 0 Å². The van der Waals surface area contributed by atoms with E-state index in [1.54, 1.807) is 0 Å². The van der Waals surface area contributed by atoms with Gasteiger partial charge in [-0.15, -0.1) is 0 Å². The van der Waals surface area contributed by atoms with Crippen molar-refractivity contribution < 1.29 is 0 Å². The maximum Gasteiger partial charge on any atom is 0.0557 e. The Morgan fingerprint density at radius 2 is 1.31 bits per heavy atom. The van der Waals surface area contributed by atoms with Gasteiger partial charge in [0.05, 0.1) is 5.25 Å². The second-order valence-electron chi connectivity index (χ2n) is 4.08. The molecule has 1 nitrogen and oxygen atoms in total. The molecule has 0 atom stereocenters. The van der Waals surface area contributed by atoms with Crippen LogP contribution in [0.4, 0.5) is 11.4 Å². The molecule has 2 heteroatoms. The highest BCUT2D eigenvalue weighted by Crippen LogP contribution is 2.45. The summed E-state index contributed by atoms with van der Waals surface area (Å²) in [6.45, 7) is 0. The highest BCUT2D eigenvalue weighted by atomic mass is 32.1. The first-order valence-electron chi connectivity index (χ1n) is 5.38. The molecular formula is C14H13NS. The van der Waals surface area contributed by atoms with Crippen LogP contribution in [-0.4, -0.2) is 7.05 Å². The molecule has 1 heterocycles. The van der Waals surface area contributed by atoms with Crippen molar-refractivity contribution >= 4 is 24.0 Å². The molecule has 0 N–H and O–H groups in total. The molecule has 0 spiro atoms. The third-order valence-electron chi connectivity index (χ3n) is 3.19. The Kier molecular flexibility index (Phi) is 2.18. The zero-order valence-electron chi connectivity index (χ0n) is 9.09. The summed E-state index contributed by atoms with van der Waals surface area (Å²) in [6, 6.07) is 16.9. The molecule has 1 aliphatic rings. The van der Waals surface area contributed by atoms with Gasteiger partial charge in [-0.1, -0.05) is 36.4 Å². The molecule has 0 saturated carbocycles. The number of hydrogen-bond acceptors (Lipinski definition) is 2. The van der Waals surface area contributed by atoms with Crippen molar-refractivity contribution in [2.45, 2.75) is 5.25 Å². The number of hydrogen-bond donors (Lipinski definition) is 1. The van der Waals surface area contributed by atoms with Gasteiger partial charge in [0.1, 0.15) is 0 Å². The summed E-state index contributed by atoms with van der Waals surface area (Å²) in [6.07, 6.45) is 0. The summed E-state index contributed by atoms with van der Waals surface area (Å²) >= 11 is 4.73. The maximum absolute atomic E-state index is 4.73. The van der Waals surface area contributed by atoms with Crippen LogP contribution in [0.2, 0.25) is 0 Å². The van der Waals surface area contributed by atoms with Gasteiger partial charge in [0.15, 0.2) is 0 Å². The molecule has 2 aromatic carbocycles. The highest BCUT2D eigenvalue weighted by Gasteiger charge is 2.25. The van der Waals surface area contributed by atoms with Gasteiger partial charge < -0.3 is 4.90 Å². The summed E-state index contributed by atoms with van der Waals surface area (Å²) in [7, 11) is 2.11. The van der Waals surface area contributed by atoms with E-state index in [0.717, 1.165) is 0 Å². The number of fused-ring (bicyclic) bond motifs is 2. The van der Waals surface area contributed by atoms with Crippen LogP contribution in [0.3, 0.4) is 0 Å². The predicted octanol–water partition coefficient (Wildman–Crippen LogP) is 3.79. The largest absolute Gasteiger partial charge is 0.344 e. The highest BCUT2D eigenvalue weighted by molar-refractivity contribution is 7.80. The van der Waals surface area contributed by atoms with Gasteiger partial charge in [-0.2, -0.15) is 12.6 Å². The Balaban J connectivity index is 2.26. The molecule has 0 radical (unpaired) electrons. The van der Waals surface area contributed by atoms with Crippen LogP contribution in [0.25, 0.3) is 0 Å². The Morgan fingerprint density at radius 1 is 0.875 bits per heavy atom. The molecule has 1 aliphatic heterocycles. The lowest BCUT2D eigenvalue weighted by atomic mass is 9.95. The van der Waals surface area contributed by atoms with Gasteiger partial charge in [-0.3, -0.25) is 0 Å². The normalized spacial score (nSPS) is 14.5.